The van der Waals surface area contributed by atoms with Crippen molar-refractivity contribution in [3.8, 4) is 5.75 Å². The predicted octanol–water partition coefficient (Wildman–Crippen LogP) is 3.83. The zero-order chi connectivity index (χ0) is 12.3. The summed E-state index contributed by atoms with van der Waals surface area (Å²) in [6.07, 6.45) is -1.17. The number of ether oxygens (including phenoxy) is 1. The van der Waals surface area contributed by atoms with Crippen molar-refractivity contribution in [2.45, 2.75) is 32.9 Å². The van der Waals surface area contributed by atoms with Crippen molar-refractivity contribution < 1.29 is 17.9 Å². The van der Waals surface area contributed by atoms with Crippen LogP contribution in [0.3, 0.4) is 0 Å². The lowest BCUT2D eigenvalue weighted by atomic mass is 10.0. The van der Waals surface area contributed by atoms with Gasteiger partial charge in [0.25, 0.3) is 0 Å². The second-order valence-corrected chi connectivity index (χ2v) is 4.05. The first-order chi connectivity index (χ1) is 7.41. The first-order valence-corrected chi connectivity index (χ1v) is 5.17. The van der Waals surface area contributed by atoms with E-state index in [1.807, 2.05) is 0 Å². The summed E-state index contributed by atoms with van der Waals surface area (Å²) >= 11 is 0. The van der Waals surface area contributed by atoms with Gasteiger partial charge in [-0.1, -0.05) is 13.8 Å². The summed E-state index contributed by atoms with van der Waals surface area (Å²) < 4.78 is 44.1. The summed E-state index contributed by atoms with van der Waals surface area (Å²) in [5.41, 5.74) is 0.280. The first kappa shape index (κ1) is 12.9. The maximum absolute atomic E-state index is 13.5. The van der Waals surface area contributed by atoms with Crippen molar-refractivity contribution in [3.63, 3.8) is 0 Å². The largest absolute Gasteiger partial charge is 0.490 e. The van der Waals surface area contributed by atoms with Crippen molar-refractivity contribution >= 4 is 0 Å². The third kappa shape index (κ3) is 3.15. The molecule has 0 radical (unpaired) electrons. The minimum atomic E-state index is -1.17. The van der Waals surface area contributed by atoms with Crippen LogP contribution in [0.15, 0.2) is 12.1 Å². The Balaban J connectivity index is 3.04. The van der Waals surface area contributed by atoms with Crippen molar-refractivity contribution in [2.75, 3.05) is 6.61 Å². The summed E-state index contributed by atoms with van der Waals surface area (Å²) in [7, 11) is 0. The third-order valence-electron chi connectivity index (χ3n) is 2.10. The molecule has 1 atom stereocenters. The van der Waals surface area contributed by atoms with E-state index in [2.05, 4.69) is 0 Å². The highest BCUT2D eigenvalue weighted by Gasteiger charge is 2.16. The normalized spacial score (nSPS) is 12.9. The molecule has 0 bridgehead atoms. The zero-order valence-electron chi connectivity index (χ0n) is 9.56. The van der Waals surface area contributed by atoms with Gasteiger partial charge in [0.05, 0.1) is 0 Å². The van der Waals surface area contributed by atoms with E-state index < -0.39 is 17.8 Å². The molecule has 0 fully saturated rings. The Hall–Kier alpha value is -1.19. The monoisotopic (exact) mass is 232 g/mol. The van der Waals surface area contributed by atoms with Gasteiger partial charge in [-0.2, -0.15) is 0 Å². The van der Waals surface area contributed by atoms with E-state index in [0.29, 0.717) is 0 Å². The van der Waals surface area contributed by atoms with Gasteiger partial charge in [0, 0.05) is 17.7 Å². The van der Waals surface area contributed by atoms with Crippen molar-refractivity contribution in [1.82, 2.24) is 0 Å². The number of rotatable bonds is 4. The molecule has 0 heterocycles. The summed E-state index contributed by atoms with van der Waals surface area (Å²) in [5, 5.41) is 0. The molecule has 0 spiro atoms. The van der Waals surface area contributed by atoms with Crippen LogP contribution in [0.1, 0.15) is 32.3 Å². The number of hydrogen-bond donors (Lipinski definition) is 0. The van der Waals surface area contributed by atoms with E-state index in [1.54, 1.807) is 13.8 Å². The molecule has 0 aliphatic heterocycles. The molecule has 1 aromatic carbocycles. The van der Waals surface area contributed by atoms with Gasteiger partial charge >= 0.3 is 0 Å². The highest BCUT2D eigenvalue weighted by molar-refractivity contribution is 5.37. The summed E-state index contributed by atoms with van der Waals surface area (Å²) in [6.45, 7) is 4.65. The molecule has 16 heavy (non-hydrogen) atoms. The molecule has 1 nitrogen and oxygen atoms in total. The van der Waals surface area contributed by atoms with E-state index in [4.69, 9.17) is 4.74 Å². The van der Waals surface area contributed by atoms with Gasteiger partial charge in [-0.3, -0.25) is 0 Å². The van der Waals surface area contributed by atoms with Gasteiger partial charge in [0.2, 0.25) is 0 Å². The molecule has 1 unspecified atom stereocenters. The van der Waals surface area contributed by atoms with Crippen LogP contribution in [0.2, 0.25) is 0 Å². The maximum Gasteiger partial charge on any atom is 0.133 e. The second kappa shape index (κ2) is 5.23. The van der Waals surface area contributed by atoms with Crippen LogP contribution >= 0.6 is 0 Å². The zero-order valence-corrected chi connectivity index (χ0v) is 9.56. The molecular formula is C12H15F3O. The molecule has 90 valence electrons. The van der Waals surface area contributed by atoms with Gasteiger partial charge in [-0.15, -0.1) is 0 Å². The number of benzene rings is 1. The molecular weight excluding hydrogens is 217 g/mol. The summed E-state index contributed by atoms with van der Waals surface area (Å²) in [5.74, 6) is -1.44. The Morgan fingerprint density at radius 2 is 1.81 bits per heavy atom. The molecule has 1 aromatic rings. The van der Waals surface area contributed by atoms with Gasteiger partial charge in [0.15, 0.2) is 0 Å². The van der Waals surface area contributed by atoms with Gasteiger partial charge in [-0.05, 0) is 12.8 Å². The highest BCUT2D eigenvalue weighted by Crippen LogP contribution is 2.30. The molecule has 1 rings (SSSR count). The fourth-order valence-electron chi connectivity index (χ4n) is 1.45. The second-order valence-electron chi connectivity index (χ2n) is 4.05. The maximum atomic E-state index is 13.5. The Morgan fingerprint density at radius 3 is 2.31 bits per heavy atom. The van der Waals surface area contributed by atoms with Gasteiger partial charge in [0.1, 0.15) is 30.2 Å². The minimum absolute atomic E-state index is 0.0806. The topological polar surface area (TPSA) is 9.23 Å². The average molecular weight is 232 g/mol. The smallest absolute Gasteiger partial charge is 0.133 e. The highest BCUT2D eigenvalue weighted by atomic mass is 19.1. The first-order valence-electron chi connectivity index (χ1n) is 5.17. The predicted molar refractivity (Wildman–Crippen MR) is 56.5 cm³/mol. The van der Waals surface area contributed by atoms with Crippen LogP contribution in [0.5, 0.6) is 5.75 Å². The molecule has 0 N–H and O–H groups in total. The molecule has 0 saturated heterocycles. The van der Waals surface area contributed by atoms with Crippen LogP contribution in [0.4, 0.5) is 13.2 Å². The fraction of sp³-hybridized carbons (Fsp3) is 0.500. The number of hydrogen-bond acceptors (Lipinski definition) is 1. The third-order valence-corrected chi connectivity index (χ3v) is 2.10. The van der Waals surface area contributed by atoms with Crippen LogP contribution in [-0.2, 0) is 0 Å². The van der Waals surface area contributed by atoms with Gasteiger partial charge < -0.3 is 4.74 Å². The number of alkyl halides is 1. The lowest BCUT2D eigenvalue weighted by Gasteiger charge is -2.15. The Labute approximate surface area is 93.2 Å². The van der Waals surface area contributed by atoms with Crippen molar-refractivity contribution in [3.05, 3.63) is 29.3 Å². The lowest BCUT2D eigenvalue weighted by molar-refractivity contribution is 0.206. The van der Waals surface area contributed by atoms with E-state index in [0.717, 1.165) is 12.1 Å². The Morgan fingerprint density at radius 1 is 1.19 bits per heavy atom. The number of halogens is 3. The Kier molecular flexibility index (Phi) is 4.21. The molecule has 4 heteroatoms. The Bertz CT molecular complexity index is 362. The quantitative estimate of drug-likeness (QED) is 0.766. The summed E-state index contributed by atoms with van der Waals surface area (Å²) in [4.78, 5) is 0. The van der Waals surface area contributed by atoms with Crippen LogP contribution in [0.25, 0.3) is 0 Å². The molecule has 0 saturated carbocycles. The van der Waals surface area contributed by atoms with E-state index in [1.165, 1.54) is 6.92 Å². The minimum Gasteiger partial charge on any atom is -0.490 e. The van der Waals surface area contributed by atoms with Crippen molar-refractivity contribution in [2.24, 2.45) is 0 Å². The standard InChI is InChI=1S/C12H15F3O/c1-7(2)12-10(15)4-9(14)5-11(12)16-6-8(3)13/h4-5,7-8H,6H2,1-3H3. The van der Waals surface area contributed by atoms with Crippen LogP contribution in [-0.4, -0.2) is 12.8 Å². The van der Waals surface area contributed by atoms with Gasteiger partial charge in [-0.25, -0.2) is 13.2 Å². The molecule has 0 amide bonds. The SMILES string of the molecule is CC(F)COc1cc(F)cc(F)c1C(C)C. The van der Waals surface area contributed by atoms with E-state index in [-0.39, 0.29) is 23.8 Å². The lowest BCUT2D eigenvalue weighted by Crippen LogP contribution is -2.11. The summed E-state index contributed by atoms with van der Waals surface area (Å²) in [6, 6.07) is 1.89. The molecule has 0 aliphatic rings. The van der Waals surface area contributed by atoms with E-state index in [9.17, 15) is 13.2 Å². The van der Waals surface area contributed by atoms with Crippen LogP contribution in [0, 0.1) is 11.6 Å². The molecule has 0 aromatic heterocycles. The van der Waals surface area contributed by atoms with Crippen molar-refractivity contribution in [1.29, 1.82) is 0 Å². The average Bonchev–Trinajstić information content (AvgIpc) is 2.12. The fourth-order valence-corrected chi connectivity index (χ4v) is 1.45. The molecule has 0 aliphatic carbocycles. The van der Waals surface area contributed by atoms with E-state index >= 15 is 0 Å². The van der Waals surface area contributed by atoms with Crippen LogP contribution < -0.4 is 4.74 Å².